The molecule has 1 atom stereocenters. The van der Waals surface area contributed by atoms with Gasteiger partial charge in [0.1, 0.15) is 0 Å². The number of nitrogens with one attached hydrogen (secondary N) is 1. The molecular formula is C15H11ClINO. The van der Waals surface area contributed by atoms with Gasteiger partial charge in [0, 0.05) is 9.26 Å². The topological polar surface area (TPSA) is 29.1 Å². The molecule has 0 aromatic heterocycles. The minimum Gasteiger partial charge on any atom is -0.326 e. The first-order valence-corrected chi connectivity index (χ1v) is 7.48. The Morgan fingerprint density at radius 3 is 2.79 bits per heavy atom. The molecule has 1 unspecified atom stereocenters. The lowest BCUT2D eigenvalue weighted by atomic mass is 10.0. The quantitative estimate of drug-likeness (QED) is 0.613. The zero-order chi connectivity index (χ0) is 13.4. The third-order valence-corrected chi connectivity index (χ3v) is 4.69. The van der Waals surface area contributed by atoms with Crippen molar-refractivity contribution < 1.29 is 4.79 Å². The van der Waals surface area contributed by atoms with Gasteiger partial charge in [0.25, 0.3) is 0 Å². The maximum absolute atomic E-state index is 11.4. The summed E-state index contributed by atoms with van der Waals surface area (Å²) in [5.41, 5.74) is 4.06. The van der Waals surface area contributed by atoms with Crippen LogP contribution in [-0.2, 0) is 11.2 Å². The lowest BCUT2D eigenvalue weighted by Crippen LogP contribution is -2.03. The van der Waals surface area contributed by atoms with Crippen LogP contribution in [0.15, 0.2) is 42.5 Å². The summed E-state index contributed by atoms with van der Waals surface area (Å²) in [7, 11) is 0. The van der Waals surface area contributed by atoms with Crippen molar-refractivity contribution in [2.45, 2.75) is 11.8 Å². The lowest BCUT2D eigenvalue weighted by Gasteiger charge is -2.13. The van der Waals surface area contributed by atoms with Crippen LogP contribution in [0.3, 0.4) is 0 Å². The molecule has 19 heavy (non-hydrogen) atoms. The fourth-order valence-corrected chi connectivity index (χ4v) is 3.48. The second-order valence-corrected chi connectivity index (χ2v) is 6.12. The molecule has 0 fully saturated rings. The molecule has 0 saturated carbocycles. The Morgan fingerprint density at radius 2 is 2.00 bits per heavy atom. The summed E-state index contributed by atoms with van der Waals surface area (Å²) in [4.78, 5) is 11.4. The first-order chi connectivity index (χ1) is 9.15. The van der Waals surface area contributed by atoms with Crippen LogP contribution < -0.4 is 5.32 Å². The number of fused-ring (bicyclic) bond motifs is 1. The molecule has 0 spiro atoms. The Balaban J connectivity index is 1.97. The van der Waals surface area contributed by atoms with Gasteiger partial charge in [-0.1, -0.05) is 30.3 Å². The third kappa shape index (κ3) is 2.49. The zero-order valence-corrected chi connectivity index (χ0v) is 12.9. The number of halogens is 2. The van der Waals surface area contributed by atoms with Crippen LogP contribution in [0.5, 0.6) is 0 Å². The largest absolute Gasteiger partial charge is 0.326 e. The van der Waals surface area contributed by atoms with E-state index in [1.807, 2.05) is 42.5 Å². The molecule has 1 aliphatic rings. The monoisotopic (exact) mass is 383 g/mol. The van der Waals surface area contributed by atoms with E-state index in [-0.39, 0.29) is 11.3 Å². The van der Waals surface area contributed by atoms with Crippen molar-refractivity contribution >= 4 is 45.8 Å². The number of hydrogen-bond acceptors (Lipinski definition) is 1. The molecule has 2 aromatic carbocycles. The highest BCUT2D eigenvalue weighted by molar-refractivity contribution is 14.1. The molecule has 0 radical (unpaired) electrons. The minimum absolute atomic E-state index is 0.0487. The van der Waals surface area contributed by atoms with E-state index in [2.05, 4.69) is 27.9 Å². The van der Waals surface area contributed by atoms with Gasteiger partial charge in [-0.25, -0.2) is 0 Å². The molecule has 1 N–H and O–H groups in total. The number of amides is 1. The molecule has 2 aromatic rings. The van der Waals surface area contributed by atoms with Gasteiger partial charge in [0.15, 0.2) is 0 Å². The van der Waals surface area contributed by atoms with E-state index in [4.69, 9.17) is 11.6 Å². The Labute approximate surface area is 130 Å². The van der Waals surface area contributed by atoms with Crippen LogP contribution >= 0.6 is 34.2 Å². The van der Waals surface area contributed by atoms with Crippen molar-refractivity contribution in [3.05, 3.63) is 62.7 Å². The average Bonchev–Trinajstić information content (AvgIpc) is 2.77. The molecular weight excluding hydrogens is 373 g/mol. The van der Waals surface area contributed by atoms with Crippen molar-refractivity contribution in [1.29, 1.82) is 0 Å². The highest BCUT2D eigenvalue weighted by Gasteiger charge is 2.20. The van der Waals surface area contributed by atoms with Gasteiger partial charge in [-0.15, -0.1) is 11.6 Å². The van der Waals surface area contributed by atoms with Crippen LogP contribution in [0.2, 0.25) is 0 Å². The van der Waals surface area contributed by atoms with Crippen LogP contribution in [0, 0.1) is 3.57 Å². The summed E-state index contributed by atoms with van der Waals surface area (Å²) in [6.07, 6.45) is 0.443. The Hall–Kier alpha value is -1.07. The van der Waals surface area contributed by atoms with Crippen molar-refractivity contribution in [3.8, 4) is 0 Å². The van der Waals surface area contributed by atoms with E-state index in [0.717, 1.165) is 25.9 Å². The fraction of sp³-hybridized carbons (Fsp3) is 0.133. The maximum atomic E-state index is 11.4. The molecule has 1 heterocycles. The smallest absolute Gasteiger partial charge is 0.228 e. The van der Waals surface area contributed by atoms with Crippen molar-refractivity contribution in [2.75, 3.05) is 5.32 Å². The predicted octanol–water partition coefficient (Wildman–Crippen LogP) is 4.11. The summed E-state index contributed by atoms with van der Waals surface area (Å²) in [6, 6.07) is 14.0. The Morgan fingerprint density at radius 1 is 1.21 bits per heavy atom. The van der Waals surface area contributed by atoms with E-state index in [9.17, 15) is 4.79 Å². The summed E-state index contributed by atoms with van der Waals surface area (Å²) in [5, 5.41) is 2.65. The number of anilines is 1. The van der Waals surface area contributed by atoms with Gasteiger partial charge in [0.2, 0.25) is 5.91 Å². The Kier molecular flexibility index (Phi) is 3.50. The number of benzene rings is 2. The molecule has 0 aliphatic carbocycles. The molecule has 1 amide bonds. The van der Waals surface area contributed by atoms with Crippen LogP contribution in [-0.4, -0.2) is 5.91 Å². The fourth-order valence-electron chi connectivity index (χ4n) is 2.27. The van der Waals surface area contributed by atoms with Gasteiger partial charge in [-0.3, -0.25) is 4.79 Å². The minimum atomic E-state index is -0.186. The van der Waals surface area contributed by atoms with E-state index >= 15 is 0 Å². The van der Waals surface area contributed by atoms with Gasteiger partial charge < -0.3 is 5.32 Å². The number of alkyl halides is 1. The summed E-state index contributed by atoms with van der Waals surface area (Å²) in [6.45, 7) is 0. The van der Waals surface area contributed by atoms with Crippen molar-refractivity contribution in [2.24, 2.45) is 0 Å². The molecule has 1 aliphatic heterocycles. The molecule has 0 bridgehead atoms. The lowest BCUT2D eigenvalue weighted by molar-refractivity contribution is -0.115. The first-order valence-electron chi connectivity index (χ1n) is 5.96. The van der Waals surface area contributed by atoms with Gasteiger partial charge in [-0.05, 0) is 51.4 Å². The predicted molar refractivity (Wildman–Crippen MR) is 85.6 cm³/mol. The number of hydrogen-bond donors (Lipinski definition) is 1. The van der Waals surface area contributed by atoms with Crippen LogP contribution in [0.1, 0.15) is 22.1 Å². The van der Waals surface area contributed by atoms with Gasteiger partial charge in [-0.2, -0.15) is 0 Å². The Bertz CT molecular complexity index is 656. The number of carbonyl (C=O) groups is 1. The van der Waals surface area contributed by atoms with E-state index in [1.165, 1.54) is 0 Å². The summed E-state index contributed by atoms with van der Waals surface area (Å²) in [5.74, 6) is 0.0487. The SMILES string of the molecule is O=C1Cc2cc(C(Cl)c3ccccc3I)ccc2N1. The van der Waals surface area contributed by atoms with Gasteiger partial charge in [0.05, 0.1) is 11.8 Å². The first kappa shape index (κ1) is 12.9. The highest BCUT2D eigenvalue weighted by Crippen LogP contribution is 2.34. The van der Waals surface area contributed by atoms with E-state index < -0.39 is 0 Å². The van der Waals surface area contributed by atoms with Crippen molar-refractivity contribution in [1.82, 2.24) is 0 Å². The molecule has 96 valence electrons. The standard InChI is InChI=1S/C15H11ClINO/c16-15(11-3-1-2-4-12(11)17)9-5-6-13-10(7-9)8-14(19)18-13/h1-7,15H,8H2,(H,18,19). The average molecular weight is 384 g/mol. The normalized spacial score (nSPS) is 14.9. The summed E-state index contributed by atoms with van der Waals surface area (Å²) < 4.78 is 1.15. The second-order valence-electron chi connectivity index (χ2n) is 4.53. The third-order valence-electron chi connectivity index (χ3n) is 3.23. The van der Waals surface area contributed by atoms with Crippen molar-refractivity contribution in [3.63, 3.8) is 0 Å². The second kappa shape index (κ2) is 5.13. The zero-order valence-electron chi connectivity index (χ0n) is 9.99. The van der Waals surface area contributed by atoms with Gasteiger partial charge >= 0.3 is 0 Å². The molecule has 0 saturated heterocycles. The van der Waals surface area contributed by atoms with E-state index in [0.29, 0.717) is 6.42 Å². The van der Waals surface area contributed by atoms with Crippen LogP contribution in [0.25, 0.3) is 0 Å². The van der Waals surface area contributed by atoms with Crippen LogP contribution in [0.4, 0.5) is 5.69 Å². The number of carbonyl (C=O) groups excluding carboxylic acids is 1. The summed E-state index contributed by atoms with van der Waals surface area (Å²) >= 11 is 8.86. The van der Waals surface area contributed by atoms with E-state index in [1.54, 1.807) is 0 Å². The molecule has 2 nitrogen and oxygen atoms in total. The highest BCUT2D eigenvalue weighted by atomic mass is 127. The molecule has 4 heteroatoms. The molecule has 3 rings (SSSR count). The maximum Gasteiger partial charge on any atom is 0.228 e. The number of rotatable bonds is 2.